The van der Waals surface area contributed by atoms with E-state index in [1.54, 1.807) is 0 Å². The van der Waals surface area contributed by atoms with Crippen molar-refractivity contribution in [2.75, 3.05) is 5.73 Å². The fourth-order valence-electron chi connectivity index (χ4n) is 1.39. The van der Waals surface area contributed by atoms with Gasteiger partial charge in [0.25, 0.3) is 6.01 Å². The largest absolute Gasteiger partial charge is 0.425 e. The first-order valence-corrected chi connectivity index (χ1v) is 3.66. The summed E-state index contributed by atoms with van der Waals surface area (Å²) >= 11 is 0. The van der Waals surface area contributed by atoms with Crippen LogP contribution in [-0.4, -0.2) is 4.98 Å². The van der Waals surface area contributed by atoms with Gasteiger partial charge in [-0.1, -0.05) is 0 Å². The summed E-state index contributed by atoms with van der Waals surface area (Å²) in [5.74, 6) is 0.341. The first kappa shape index (κ1) is 6.64. The molecule has 0 amide bonds. The van der Waals surface area contributed by atoms with Gasteiger partial charge in [0.15, 0.2) is 11.9 Å². The number of hydrogen-bond donors (Lipinski definition) is 1. The third-order valence-corrected chi connectivity index (χ3v) is 1.90. The van der Waals surface area contributed by atoms with Crippen LogP contribution in [0.3, 0.4) is 0 Å². The van der Waals surface area contributed by atoms with Crippen LogP contribution in [0.1, 0.15) is 30.5 Å². The zero-order valence-corrected chi connectivity index (χ0v) is 6.01. The van der Waals surface area contributed by atoms with Gasteiger partial charge in [-0.15, -0.1) is 0 Å². The maximum absolute atomic E-state index is 13.0. The van der Waals surface area contributed by atoms with Crippen molar-refractivity contribution in [3.05, 3.63) is 11.5 Å². The molecule has 3 nitrogen and oxygen atoms in total. The summed E-state index contributed by atoms with van der Waals surface area (Å²) in [4.78, 5) is 3.87. The number of aromatic nitrogens is 1. The molecule has 1 aromatic heterocycles. The molecule has 60 valence electrons. The average Bonchev–Trinajstić information content (AvgIpc) is 2.31. The van der Waals surface area contributed by atoms with E-state index in [0.29, 0.717) is 17.9 Å². The Hall–Kier alpha value is -1.06. The van der Waals surface area contributed by atoms with E-state index in [1.807, 2.05) is 0 Å². The van der Waals surface area contributed by atoms with Crippen molar-refractivity contribution < 1.29 is 8.81 Å². The number of halogens is 1. The highest BCUT2D eigenvalue weighted by Crippen LogP contribution is 2.33. The Balaban J connectivity index is 2.43. The van der Waals surface area contributed by atoms with Crippen LogP contribution in [0.15, 0.2) is 4.42 Å². The van der Waals surface area contributed by atoms with E-state index >= 15 is 0 Å². The Morgan fingerprint density at radius 1 is 1.64 bits per heavy atom. The number of nitrogens with zero attached hydrogens (tertiary/aromatic N) is 1. The molecule has 1 aliphatic rings. The quantitative estimate of drug-likeness (QED) is 0.620. The number of fused-ring (bicyclic) bond motifs is 1. The number of hydrogen-bond acceptors (Lipinski definition) is 3. The monoisotopic (exact) mass is 156 g/mol. The molecule has 1 aliphatic carbocycles. The van der Waals surface area contributed by atoms with Gasteiger partial charge in [-0.3, -0.25) is 0 Å². The van der Waals surface area contributed by atoms with Crippen molar-refractivity contribution in [1.82, 2.24) is 4.98 Å². The predicted molar refractivity (Wildman–Crippen MR) is 37.7 cm³/mol. The molecule has 1 aromatic rings. The summed E-state index contributed by atoms with van der Waals surface area (Å²) < 4.78 is 17.9. The Morgan fingerprint density at radius 3 is 3.18 bits per heavy atom. The second-order valence-corrected chi connectivity index (χ2v) is 2.72. The van der Waals surface area contributed by atoms with Crippen LogP contribution in [0.5, 0.6) is 0 Å². The molecule has 0 saturated carbocycles. The highest BCUT2D eigenvalue weighted by atomic mass is 19.1. The van der Waals surface area contributed by atoms with Crippen LogP contribution in [0.2, 0.25) is 0 Å². The van der Waals surface area contributed by atoms with Crippen molar-refractivity contribution in [2.24, 2.45) is 0 Å². The van der Waals surface area contributed by atoms with Crippen molar-refractivity contribution in [1.29, 1.82) is 0 Å². The molecule has 11 heavy (non-hydrogen) atoms. The standard InChI is InChI=1S/C7H9FN2O/c8-4-2-1-3-5-6(4)11-7(9)10-5/h4H,1-3H2,(H2,9,10). The molecule has 0 aromatic carbocycles. The predicted octanol–water partition coefficient (Wildman–Crippen LogP) is 1.60. The summed E-state index contributed by atoms with van der Waals surface area (Å²) in [6.07, 6.45) is 1.15. The molecule has 2 N–H and O–H groups in total. The summed E-state index contributed by atoms with van der Waals surface area (Å²) in [5, 5.41) is 0. The minimum Gasteiger partial charge on any atom is -0.425 e. The van der Waals surface area contributed by atoms with Gasteiger partial charge in [-0.25, -0.2) is 4.39 Å². The lowest BCUT2D eigenvalue weighted by Crippen LogP contribution is -2.03. The molecule has 1 atom stereocenters. The molecule has 2 rings (SSSR count). The number of nitrogens with two attached hydrogens (primary N) is 1. The highest BCUT2D eigenvalue weighted by Gasteiger charge is 2.25. The Bertz CT molecular complexity index is 271. The van der Waals surface area contributed by atoms with E-state index in [9.17, 15) is 4.39 Å². The molecular weight excluding hydrogens is 147 g/mol. The lowest BCUT2D eigenvalue weighted by molar-refractivity contribution is 0.254. The number of alkyl halides is 1. The van der Waals surface area contributed by atoms with E-state index in [4.69, 9.17) is 10.2 Å². The van der Waals surface area contributed by atoms with Crippen molar-refractivity contribution in [3.63, 3.8) is 0 Å². The third kappa shape index (κ3) is 0.982. The zero-order valence-electron chi connectivity index (χ0n) is 6.01. The van der Waals surface area contributed by atoms with Gasteiger partial charge >= 0.3 is 0 Å². The lowest BCUT2D eigenvalue weighted by Gasteiger charge is -2.11. The van der Waals surface area contributed by atoms with Crippen molar-refractivity contribution >= 4 is 6.01 Å². The summed E-state index contributed by atoms with van der Waals surface area (Å²) in [6, 6.07) is 0.0829. The maximum atomic E-state index is 13.0. The van der Waals surface area contributed by atoms with E-state index in [0.717, 1.165) is 12.8 Å². The van der Waals surface area contributed by atoms with Gasteiger partial charge in [0.2, 0.25) is 0 Å². The molecule has 0 aliphatic heterocycles. The minimum atomic E-state index is -0.997. The van der Waals surface area contributed by atoms with Crippen LogP contribution < -0.4 is 5.73 Å². The normalized spacial score (nSPS) is 23.2. The van der Waals surface area contributed by atoms with Crippen molar-refractivity contribution in [3.8, 4) is 0 Å². The third-order valence-electron chi connectivity index (χ3n) is 1.90. The average molecular weight is 156 g/mol. The van der Waals surface area contributed by atoms with E-state index < -0.39 is 6.17 Å². The Kier molecular flexibility index (Phi) is 1.34. The van der Waals surface area contributed by atoms with Crippen molar-refractivity contribution in [2.45, 2.75) is 25.4 Å². The molecule has 1 unspecified atom stereocenters. The first-order chi connectivity index (χ1) is 5.27. The fraction of sp³-hybridized carbons (Fsp3) is 0.571. The first-order valence-electron chi connectivity index (χ1n) is 3.66. The van der Waals surface area contributed by atoms with Gasteiger partial charge in [0, 0.05) is 0 Å². The van der Waals surface area contributed by atoms with Gasteiger partial charge < -0.3 is 10.2 Å². The number of oxazole rings is 1. The van der Waals surface area contributed by atoms with E-state index in [-0.39, 0.29) is 6.01 Å². The number of anilines is 1. The molecule has 0 bridgehead atoms. The number of aryl methyl sites for hydroxylation is 1. The zero-order chi connectivity index (χ0) is 7.84. The second kappa shape index (κ2) is 2.22. The fourth-order valence-corrected chi connectivity index (χ4v) is 1.39. The maximum Gasteiger partial charge on any atom is 0.292 e. The second-order valence-electron chi connectivity index (χ2n) is 2.72. The summed E-state index contributed by atoms with van der Waals surface area (Å²) in [7, 11) is 0. The van der Waals surface area contributed by atoms with Crippen LogP contribution in [-0.2, 0) is 6.42 Å². The Labute approximate surface area is 63.4 Å². The smallest absolute Gasteiger partial charge is 0.292 e. The lowest BCUT2D eigenvalue weighted by atomic mass is 10.0. The summed E-state index contributed by atoms with van der Waals surface area (Å²) in [6.45, 7) is 0. The molecule has 0 saturated heterocycles. The number of rotatable bonds is 0. The van der Waals surface area contributed by atoms with Gasteiger partial charge in [-0.2, -0.15) is 4.98 Å². The highest BCUT2D eigenvalue weighted by molar-refractivity contribution is 5.23. The van der Waals surface area contributed by atoms with Gasteiger partial charge in [0.05, 0.1) is 5.69 Å². The topological polar surface area (TPSA) is 52.0 Å². The van der Waals surface area contributed by atoms with E-state index in [1.165, 1.54) is 0 Å². The summed E-state index contributed by atoms with van der Waals surface area (Å²) in [5.41, 5.74) is 5.97. The number of nitrogen functional groups attached to an aromatic ring is 1. The van der Waals surface area contributed by atoms with Crippen LogP contribution in [0.4, 0.5) is 10.4 Å². The van der Waals surface area contributed by atoms with Gasteiger partial charge in [0.1, 0.15) is 0 Å². The van der Waals surface area contributed by atoms with Crippen LogP contribution in [0.25, 0.3) is 0 Å². The molecular formula is C7H9FN2O. The molecule has 0 radical (unpaired) electrons. The SMILES string of the molecule is Nc1nc2c(o1)C(F)CCC2. The molecule has 0 spiro atoms. The van der Waals surface area contributed by atoms with Gasteiger partial charge in [-0.05, 0) is 19.3 Å². The van der Waals surface area contributed by atoms with E-state index in [2.05, 4.69) is 4.98 Å². The van der Waals surface area contributed by atoms with Crippen LogP contribution >= 0.6 is 0 Å². The molecule has 4 heteroatoms. The molecule has 1 heterocycles. The Morgan fingerprint density at radius 2 is 2.45 bits per heavy atom. The minimum absolute atomic E-state index is 0.0829. The van der Waals surface area contributed by atoms with Crippen LogP contribution in [0, 0.1) is 0 Å². The molecule has 0 fully saturated rings.